The molecule has 2 amide bonds. The van der Waals surface area contributed by atoms with Gasteiger partial charge in [0.25, 0.3) is 5.91 Å². The lowest BCUT2D eigenvalue weighted by Gasteiger charge is -2.25. The SMILES string of the molecule is O=C(CN1CCCCC1)Nc1ccc(NC(=O)c2ccc3cccc(F)c3n2)cc1. The molecular weight excluding hydrogens is 383 g/mol. The monoisotopic (exact) mass is 406 g/mol. The first kappa shape index (κ1) is 20.0. The van der Waals surface area contributed by atoms with Crippen molar-refractivity contribution in [3.8, 4) is 0 Å². The molecule has 30 heavy (non-hydrogen) atoms. The highest BCUT2D eigenvalue weighted by Crippen LogP contribution is 2.18. The Hall–Kier alpha value is -3.32. The lowest BCUT2D eigenvalue weighted by molar-refractivity contribution is -0.117. The number of benzene rings is 2. The van der Waals surface area contributed by atoms with Crippen molar-refractivity contribution >= 4 is 34.1 Å². The van der Waals surface area contributed by atoms with Crippen LogP contribution in [0.15, 0.2) is 54.6 Å². The normalized spacial score (nSPS) is 14.4. The first-order valence-electron chi connectivity index (χ1n) is 10.1. The maximum atomic E-state index is 13.9. The lowest BCUT2D eigenvalue weighted by atomic mass is 10.1. The number of likely N-dealkylation sites (tertiary alicyclic amines) is 1. The average Bonchev–Trinajstić information content (AvgIpc) is 2.76. The van der Waals surface area contributed by atoms with Gasteiger partial charge >= 0.3 is 0 Å². The first-order valence-corrected chi connectivity index (χ1v) is 10.1. The van der Waals surface area contributed by atoms with Gasteiger partial charge in [-0.3, -0.25) is 14.5 Å². The van der Waals surface area contributed by atoms with Crippen LogP contribution < -0.4 is 10.6 Å². The molecule has 0 aliphatic carbocycles. The maximum absolute atomic E-state index is 13.9. The number of piperidine rings is 1. The van der Waals surface area contributed by atoms with Crippen molar-refractivity contribution in [3.63, 3.8) is 0 Å². The van der Waals surface area contributed by atoms with E-state index in [4.69, 9.17) is 0 Å². The third-order valence-electron chi connectivity index (χ3n) is 5.15. The minimum absolute atomic E-state index is 0.0453. The topological polar surface area (TPSA) is 74.3 Å². The second kappa shape index (κ2) is 9.00. The zero-order chi connectivity index (χ0) is 20.9. The second-order valence-electron chi connectivity index (χ2n) is 7.42. The van der Waals surface area contributed by atoms with Crippen LogP contribution in [0.1, 0.15) is 29.8 Å². The van der Waals surface area contributed by atoms with Gasteiger partial charge in [-0.1, -0.05) is 24.6 Å². The van der Waals surface area contributed by atoms with Crippen LogP contribution in [0.2, 0.25) is 0 Å². The number of nitrogens with one attached hydrogen (secondary N) is 2. The van der Waals surface area contributed by atoms with Gasteiger partial charge in [-0.2, -0.15) is 0 Å². The average molecular weight is 406 g/mol. The van der Waals surface area contributed by atoms with E-state index in [1.165, 1.54) is 12.5 Å². The summed E-state index contributed by atoms with van der Waals surface area (Å²) in [5, 5.41) is 6.26. The van der Waals surface area contributed by atoms with Gasteiger partial charge in [0.15, 0.2) is 0 Å². The van der Waals surface area contributed by atoms with Gasteiger partial charge in [0, 0.05) is 16.8 Å². The van der Waals surface area contributed by atoms with Crippen LogP contribution in [-0.4, -0.2) is 41.3 Å². The van der Waals surface area contributed by atoms with Gasteiger partial charge in [-0.05, 0) is 62.3 Å². The van der Waals surface area contributed by atoms with Gasteiger partial charge in [0.1, 0.15) is 17.0 Å². The molecule has 6 nitrogen and oxygen atoms in total. The van der Waals surface area contributed by atoms with Gasteiger partial charge in [-0.25, -0.2) is 9.37 Å². The number of hydrogen-bond acceptors (Lipinski definition) is 4. The second-order valence-corrected chi connectivity index (χ2v) is 7.42. The summed E-state index contributed by atoms with van der Waals surface area (Å²) >= 11 is 0. The number of hydrogen-bond donors (Lipinski definition) is 2. The number of para-hydroxylation sites is 1. The summed E-state index contributed by atoms with van der Waals surface area (Å²) in [4.78, 5) is 31.0. The Balaban J connectivity index is 1.36. The Kier molecular flexibility index (Phi) is 5.99. The number of nitrogens with zero attached hydrogens (tertiary/aromatic N) is 2. The number of carbonyl (C=O) groups is 2. The van der Waals surface area contributed by atoms with Crippen LogP contribution >= 0.6 is 0 Å². The van der Waals surface area contributed by atoms with Crippen molar-refractivity contribution < 1.29 is 14.0 Å². The molecule has 1 saturated heterocycles. The standard InChI is InChI=1S/C23H23FN4O2/c24-19-6-4-5-16-7-12-20(27-22(16)19)23(30)26-18-10-8-17(9-11-18)25-21(29)15-28-13-2-1-3-14-28/h4-12H,1-3,13-15H2,(H,25,29)(H,26,30). The van der Waals surface area contributed by atoms with E-state index in [1.54, 1.807) is 48.5 Å². The van der Waals surface area contributed by atoms with Gasteiger partial charge in [0.2, 0.25) is 5.91 Å². The molecule has 1 fully saturated rings. The Morgan fingerprint density at radius 2 is 1.60 bits per heavy atom. The van der Waals surface area contributed by atoms with Gasteiger partial charge in [0.05, 0.1) is 6.54 Å². The van der Waals surface area contributed by atoms with E-state index in [-0.39, 0.29) is 17.1 Å². The fraction of sp³-hybridized carbons (Fsp3) is 0.261. The van der Waals surface area contributed by atoms with E-state index in [1.807, 2.05) is 0 Å². The van der Waals surface area contributed by atoms with Crippen molar-refractivity contribution in [2.24, 2.45) is 0 Å². The number of amides is 2. The van der Waals surface area contributed by atoms with E-state index < -0.39 is 11.7 Å². The zero-order valence-electron chi connectivity index (χ0n) is 16.5. The molecule has 0 saturated carbocycles. The van der Waals surface area contributed by atoms with Crippen molar-refractivity contribution in [2.75, 3.05) is 30.3 Å². The lowest BCUT2D eigenvalue weighted by Crippen LogP contribution is -2.36. The Bertz CT molecular complexity index is 1060. The smallest absolute Gasteiger partial charge is 0.274 e. The van der Waals surface area contributed by atoms with Crippen LogP contribution in [0.3, 0.4) is 0 Å². The number of halogens is 1. The number of pyridine rings is 1. The Labute approximate surface area is 174 Å². The summed E-state index contributed by atoms with van der Waals surface area (Å²) in [6.45, 7) is 2.32. The number of fused-ring (bicyclic) bond motifs is 1. The molecular formula is C23H23FN4O2. The Morgan fingerprint density at radius 3 is 2.33 bits per heavy atom. The third kappa shape index (κ3) is 4.80. The summed E-state index contributed by atoms with van der Waals surface area (Å²) in [7, 11) is 0. The largest absolute Gasteiger partial charge is 0.325 e. The minimum atomic E-state index is -0.466. The van der Waals surface area contributed by atoms with Crippen LogP contribution in [0.4, 0.5) is 15.8 Å². The van der Waals surface area contributed by atoms with E-state index >= 15 is 0 Å². The maximum Gasteiger partial charge on any atom is 0.274 e. The van der Waals surface area contributed by atoms with Crippen molar-refractivity contribution in [3.05, 3.63) is 66.1 Å². The molecule has 0 unspecified atom stereocenters. The number of aromatic nitrogens is 1. The van der Waals surface area contributed by atoms with Crippen molar-refractivity contribution in [2.45, 2.75) is 19.3 Å². The fourth-order valence-electron chi connectivity index (χ4n) is 3.59. The molecule has 0 spiro atoms. The van der Waals surface area contributed by atoms with Crippen molar-refractivity contribution in [1.29, 1.82) is 0 Å². The molecule has 4 rings (SSSR count). The van der Waals surface area contributed by atoms with Crippen LogP contribution in [0.25, 0.3) is 10.9 Å². The van der Waals surface area contributed by atoms with Crippen LogP contribution in [-0.2, 0) is 4.79 Å². The summed E-state index contributed by atoms with van der Waals surface area (Å²) in [5.74, 6) is -0.940. The molecule has 1 aromatic heterocycles. The number of anilines is 2. The van der Waals surface area contributed by atoms with Gasteiger partial charge < -0.3 is 10.6 Å². The molecule has 2 heterocycles. The molecule has 3 aromatic rings. The minimum Gasteiger partial charge on any atom is -0.325 e. The highest BCUT2D eigenvalue weighted by molar-refractivity contribution is 6.04. The van der Waals surface area contributed by atoms with E-state index in [9.17, 15) is 14.0 Å². The Morgan fingerprint density at radius 1 is 0.900 bits per heavy atom. The number of carbonyl (C=O) groups excluding carboxylic acids is 2. The van der Waals surface area contributed by atoms with Crippen LogP contribution in [0, 0.1) is 5.82 Å². The van der Waals surface area contributed by atoms with E-state index in [2.05, 4.69) is 20.5 Å². The molecule has 1 aliphatic heterocycles. The third-order valence-corrected chi connectivity index (χ3v) is 5.15. The summed E-state index contributed by atoms with van der Waals surface area (Å²) < 4.78 is 13.9. The highest BCUT2D eigenvalue weighted by atomic mass is 19.1. The molecule has 2 N–H and O–H groups in total. The summed E-state index contributed by atoms with van der Waals surface area (Å²) in [6, 6.07) is 14.8. The van der Waals surface area contributed by atoms with Crippen molar-refractivity contribution in [1.82, 2.24) is 9.88 Å². The molecule has 154 valence electrons. The molecule has 2 aromatic carbocycles. The molecule has 1 aliphatic rings. The van der Waals surface area contributed by atoms with E-state index in [0.717, 1.165) is 25.9 Å². The summed E-state index contributed by atoms with van der Waals surface area (Å²) in [5.41, 5.74) is 1.52. The number of rotatable bonds is 5. The quantitative estimate of drug-likeness (QED) is 0.670. The molecule has 0 radical (unpaired) electrons. The molecule has 0 atom stereocenters. The fourth-order valence-corrected chi connectivity index (χ4v) is 3.59. The van der Waals surface area contributed by atoms with E-state index in [0.29, 0.717) is 23.3 Å². The molecule has 7 heteroatoms. The first-order chi connectivity index (χ1) is 14.6. The highest BCUT2D eigenvalue weighted by Gasteiger charge is 2.14. The zero-order valence-corrected chi connectivity index (χ0v) is 16.5. The van der Waals surface area contributed by atoms with Gasteiger partial charge in [-0.15, -0.1) is 0 Å². The van der Waals surface area contributed by atoms with Crippen LogP contribution in [0.5, 0.6) is 0 Å². The molecule has 0 bridgehead atoms. The predicted molar refractivity (Wildman–Crippen MR) is 115 cm³/mol. The predicted octanol–water partition coefficient (Wildman–Crippen LogP) is 4.05. The summed E-state index contributed by atoms with van der Waals surface area (Å²) in [6.07, 6.45) is 3.51.